The predicted molar refractivity (Wildman–Crippen MR) is 93.5 cm³/mol. The molecule has 8 nitrogen and oxygen atoms in total. The summed E-state index contributed by atoms with van der Waals surface area (Å²) in [6.45, 7) is 0. The molecule has 3 rings (SSSR count). The summed E-state index contributed by atoms with van der Waals surface area (Å²) in [4.78, 5) is 14.3. The Morgan fingerprint density at radius 1 is 1.04 bits per heavy atom. The molecule has 9 heteroatoms. The number of hydrogen-bond donors (Lipinski definition) is 2. The van der Waals surface area contributed by atoms with E-state index in [0.717, 1.165) is 0 Å². The molecular weight excluding hydrogens is 360 g/mol. The van der Waals surface area contributed by atoms with Crippen LogP contribution in [0.4, 0.5) is 0 Å². The molecule has 1 aromatic heterocycles. The fraction of sp³-hybridized carbons (Fsp3) is 0.118. The monoisotopic (exact) mass is 376 g/mol. The summed E-state index contributed by atoms with van der Waals surface area (Å²) >= 11 is 0. The van der Waals surface area contributed by atoms with E-state index in [1.165, 1.54) is 32.4 Å². The zero-order valence-electron chi connectivity index (χ0n) is 14.0. The van der Waals surface area contributed by atoms with Gasteiger partial charge in [-0.05, 0) is 12.1 Å². The molecule has 2 N–H and O–H groups in total. The Bertz CT molecular complexity index is 1040. The molecule has 0 bridgehead atoms. The van der Waals surface area contributed by atoms with Crippen LogP contribution in [0.25, 0.3) is 11.0 Å². The van der Waals surface area contributed by atoms with Gasteiger partial charge in [0.15, 0.2) is 5.76 Å². The number of furan rings is 1. The molecule has 0 radical (unpaired) electrons. The van der Waals surface area contributed by atoms with Gasteiger partial charge in [0.05, 0.1) is 24.5 Å². The zero-order chi connectivity index (χ0) is 18.7. The Kier molecular flexibility index (Phi) is 4.83. The summed E-state index contributed by atoms with van der Waals surface area (Å²) in [6, 6.07) is 12.4. The summed E-state index contributed by atoms with van der Waals surface area (Å²) in [5.41, 5.74) is 2.49. The van der Waals surface area contributed by atoms with Crippen LogP contribution in [0.15, 0.2) is 57.8 Å². The minimum atomic E-state index is -3.89. The number of benzene rings is 2. The third kappa shape index (κ3) is 3.48. The van der Waals surface area contributed by atoms with Gasteiger partial charge in [-0.3, -0.25) is 10.2 Å². The minimum absolute atomic E-state index is 0.0244. The molecule has 1 amide bonds. The molecule has 0 fully saturated rings. The van der Waals surface area contributed by atoms with Crippen molar-refractivity contribution in [2.24, 2.45) is 0 Å². The van der Waals surface area contributed by atoms with Crippen LogP contribution in [0.1, 0.15) is 10.6 Å². The second-order valence-electron chi connectivity index (χ2n) is 5.22. The molecule has 2 aromatic carbocycles. The first kappa shape index (κ1) is 17.8. The van der Waals surface area contributed by atoms with Crippen molar-refractivity contribution in [2.45, 2.75) is 4.90 Å². The number of methoxy groups -OCH3 is 2. The van der Waals surface area contributed by atoms with Gasteiger partial charge in [0.25, 0.3) is 10.0 Å². The number of fused-ring (bicyclic) bond motifs is 1. The molecule has 0 saturated carbocycles. The number of sulfonamides is 1. The fourth-order valence-electron chi connectivity index (χ4n) is 2.32. The van der Waals surface area contributed by atoms with E-state index in [2.05, 4.69) is 5.43 Å². The van der Waals surface area contributed by atoms with Crippen LogP contribution in [0, 0.1) is 0 Å². The number of nitrogens with one attached hydrogen (secondary N) is 2. The number of carbonyl (C=O) groups excluding carboxylic acids is 1. The number of rotatable bonds is 6. The number of ether oxygens (including phenoxy) is 2. The maximum atomic E-state index is 12.2. The van der Waals surface area contributed by atoms with Gasteiger partial charge in [-0.2, -0.15) is 0 Å². The maximum Gasteiger partial charge on any atom is 0.301 e. The highest BCUT2D eigenvalue weighted by Gasteiger charge is 2.19. The van der Waals surface area contributed by atoms with Crippen LogP contribution in [-0.2, 0) is 10.0 Å². The first-order valence-electron chi connectivity index (χ1n) is 7.47. The molecule has 1 heterocycles. The third-order valence-electron chi connectivity index (χ3n) is 3.60. The molecule has 0 aliphatic carbocycles. The highest BCUT2D eigenvalue weighted by molar-refractivity contribution is 7.89. The van der Waals surface area contributed by atoms with Gasteiger partial charge < -0.3 is 13.9 Å². The minimum Gasteiger partial charge on any atom is -0.496 e. The second kappa shape index (κ2) is 7.06. The van der Waals surface area contributed by atoms with Crippen LogP contribution in [0.2, 0.25) is 0 Å². The van der Waals surface area contributed by atoms with Gasteiger partial charge in [-0.25, -0.2) is 8.42 Å². The SMILES string of the molecule is COc1cc(OC)c2cc(C(=O)NNS(=O)(=O)c3ccccc3)oc2c1. The van der Waals surface area contributed by atoms with E-state index in [4.69, 9.17) is 13.9 Å². The average molecular weight is 376 g/mol. The van der Waals surface area contributed by atoms with E-state index in [1.807, 2.05) is 4.83 Å². The molecule has 26 heavy (non-hydrogen) atoms. The van der Waals surface area contributed by atoms with Gasteiger partial charge in [-0.15, -0.1) is 4.83 Å². The van der Waals surface area contributed by atoms with Crippen LogP contribution in [-0.4, -0.2) is 28.5 Å². The lowest BCUT2D eigenvalue weighted by molar-refractivity contribution is 0.0919. The summed E-state index contributed by atoms with van der Waals surface area (Å²) in [5.74, 6) is 0.136. The lowest BCUT2D eigenvalue weighted by Gasteiger charge is -2.06. The van der Waals surface area contributed by atoms with Crippen molar-refractivity contribution < 1.29 is 27.1 Å². The molecule has 0 aliphatic rings. The first-order chi connectivity index (χ1) is 12.4. The standard InChI is InChI=1S/C17H16N2O6S/c1-23-11-8-14(24-2)13-10-16(25-15(13)9-11)17(20)18-19-26(21,22)12-6-4-3-5-7-12/h3-10,19H,1-2H3,(H,18,20). The molecule has 0 spiro atoms. The fourth-order valence-corrected chi connectivity index (χ4v) is 3.18. The van der Waals surface area contributed by atoms with Crippen LogP contribution in [0.3, 0.4) is 0 Å². The third-order valence-corrected chi connectivity index (χ3v) is 4.87. The van der Waals surface area contributed by atoms with Gasteiger partial charge in [0.1, 0.15) is 17.1 Å². The molecule has 136 valence electrons. The van der Waals surface area contributed by atoms with Crippen molar-refractivity contribution in [3.8, 4) is 11.5 Å². The Balaban J connectivity index is 1.82. The van der Waals surface area contributed by atoms with Gasteiger partial charge >= 0.3 is 5.91 Å². The number of carbonyl (C=O) groups is 1. The molecule has 0 unspecified atom stereocenters. The normalized spacial score (nSPS) is 11.3. The topological polar surface area (TPSA) is 107 Å². The Morgan fingerprint density at radius 2 is 1.77 bits per heavy atom. The van der Waals surface area contributed by atoms with Gasteiger partial charge in [0.2, 0.25) is 0 Å². The highest BCUT2D eigenvalue weighted by atomic mass is 32.2. The summed E-state index contributed by atoms with van der Waals surface area (Å²) < 4.78 is 40.1. The first-order valence-corrected chi connectivity index (χ1v) is 8.95. The van der Waals surface area contributed by atoms with E-state index in [0.29, 0.717) is 22.5 Å². The molecule has 0 atom stereocenters. The van der Waals surface area contributed by atoms with Crippen LogP contribution >= 0.6 is 0 Å². The Hall–Kier alpha value is -3.04. The Morgan fingerprint density at radius 3 is 2.42 bits per heavy atom. The van der Waals surface area contributed by atoms with E-state index in [9.17, 15) is 13.2 Å². The van der Waals surface area contributed by atoms with E-state index >= 15 is 0 Å². The number of hydrazine groups is 1. The average Bonchev–Trinajstić information content (AvgIpc) is 3.10. The second-order valence-corrected chi connectivity index (χ2v) is 6.91. The highest BCUT2D eigenvalue weighted by Crippen LogP contribution is 2.33. The maximum absolute atomic E-state index is 12.2. The van der Waals surface area contributed by atoms with Crippen molar-refractivity contribution in [1.29, 1.82) is 0 Å². The smallest absolute Gasteiger partial charge is 0.301 e. The largest absolute Gasteiger partial charge is 0.496 e. The zero-order valence-corrected chi connectivity index (χ0v) is 14.8. The van der Waals surface area contributed by atoms with Crippen molar-refractivity contribution in [1.82, 2.24) is 10.3 Å². The van der Waals surface area contributed by atoms with Crippen molar-refractivity contribution >= 4 is 26.9 Å². The van der Waals surface area contributed by atoms with Gasteiger partial charge in [0, 0.05) is 18.2 Å². The predicted octanol–water partition coefficient (Wildman–Crippen LogP) is 2.07. The van der Waals surface area contributed by atoms with Crippen molar-refractivity contribution in [3.05, 3.63) is 54.3 Å². The lowest BCUT2D eigenvalue weighted by Crippen LogP contribution is -2.41. The quantitative estimate of drug-likeness (QED) is 0.638. The van der Waals surface area contributed by atoms with E-state index < -0.39 is 15.9 Å². The number of hydrogen-bond acceptors (Lipinski definition) is 6. The van der Waals surface area contributed by atoms with Crippen LogP contribution in [0.5, 0.6) is 11.5 Å². The molecule has 3 aromatic rings. The van der Waals surface area contributed by atoms with E-state index in [1.54, 1.807) is 30.3 Å². The Labute approximate surface area is 149 Å². The van der Waals surface area contributed by atoms with Crippen molar-refractivity contribution in [3.63, 3.8) is 0 Å². The summed E-state index contributed by atoms with van der Waals surface area (Å²) in [7, 11) is -0.909. The van der Waals surface area contributed by atoms with Crippen LogP contribution < -0.4 is 19.7 Å². The lowest BCUT2D eigenvalue weighted by atomic mass is 10.2. The van der Waals surface area contributed by atoms with Gasteiger partial charge in [-0.1, -0.05) is 18.2 Å². The molecule has 0 saturated heterocycles. The summed E-state index contributed by atoms with van der Waals surface area (Å²) in [5, 5.41) is 0.560. The van der Waals surface area contributed by atoms with Crippen molar-refractivity contribution in [2.75, 3.05) is 14.2 Å². The van der Waals surface area contributed by atoms with E-state index in [-0.39, 0.29) is 10.7 Å². The molecule has 0 aliphatic heterocycles. The number of amides is 1. The molecular formula is C17H16N2O6S. The summed E-state index contributed by atoms with van der Waals surface area (Å²) in [6.07, 6.45) is 0.